The Morgan fingerprint density at radius 2 is 2.08 bits per heavy atom. The molecule has 0 spiro atoms. The molecule has 1 aromatic rings. The number of carbonyl (C=O) groups is 3. The van der Waals surface area contributed by atoms with E-state index in [2.05, 4.69) is 20.3 Å². The van der Waals surface area contributed by atoms with Crippen molar-refractivity contribution in [1.29, 1.82) is 0 Å². The number of rotatable bonds is 6. The summed E-state index contributed by atoms with van der Waals surface area (Å²) in [6.45, 7) is 3.32. The summed E-state index contributed by atoms with van der Waals surface area (Å²) < 4.78 is 4.85. The van der Waals surface area contributed by atoms with E-state index in [0.29, 0.717) is 10.9 Å². The molecule has 0 bridgehead atoms. The summed E-state index contributed by atoms with van der Waals surface area (Å²) in [5, 5.41) is 3.28. The van der Waals surface area contributed by atoms with E-state index < -0.39 is 18.5 Å². The third-order valence-electron chi connectivity index (χ3n) is 2.67. The van der Waals surface area contributed by atoms with Crippen molar-refractivity contribution in [2.75, 3.05) is 18.1 Å². The van der Waals surface area contributed by atoms with Crippen LogP contribution in [0.3, 0.4) is 0 Å². The number of ether oxygens (including phenoxy) is 1. The molecule has 2 heterocycles. The van der Waals surface area contributed by atoms with E-state index in [1.807, 2.05) is 19.9 Å². The van der Waals surface area contributed by atoms with Gasteiger partial charge in [0, 0.05) is 17.1 Å². The number of hydrogen-bond donors (Lipinski definition) is 1. The molecule has 0 saturated carbocycles. The third-order valence-corrected chi connectivity index (χ3v) is 4.39. The lowest BCUT2D eigenvalue weighted by molar-refractivity contribution is -0.147. The molecule has 0 unspecified atom stereocenters. The minimum atomic E-state index is -0.613. The van der Waals surface area contributed by atoms with Gasteiger partial charge in [-0.1, -0.05) is 23.5 Å². The average Bonchev–Trinajstić information content (AvgIpc) is 2.89. The molecule has 1 fully saturated rings. The fourth-order valence-corrected chi connectivity index (χ4v) is 3.29. The van der Waals surface area contributed by atoms with Crippen LogP contribution in [-0.2, 0) is 19.1 Å². The second kappa shape index (κ2) is 8.78. The van der Waals surface area contributed by atoms with E-state index in [0.717, 1.165) is 23.1 Å². The van der Waals surface area contributed by atoms with Gasteiger partial charge in [-0.25, -0.2) is 9.97 Å². The van der Waals surface area contributed by atoms with Crippen molar-refractivity contribution in [2.24, 2.45) is 4.99 Å². The molecule has 8 nitrogen and oxygen atoms in total. The van der Waals surface area contributed by atoms with Gasteiger partial charge in [-0.2, -0.15) is 4.99 Å². The minimum absolute atomic E-state index is 0.135. The van der Waals surface area contributed by atoms with Crippen LogP contribution in [-0.4, -0.2) is 51.0 Å². The molecule has 0 radical (unpaired) electrons. The van der Waals surface area contributed by atoms with Crippen LogP contribution in [0.25, 0.3) is 0 Å². The summed E-state index contributed by atoms with van der Waals surface area (Å²) in [6, 6.07) is 1.87. The van der Waals surface area contributed by atoms with Gasteiger partial charge in [0.2, 0.25) is 5.91 Å². The SMILES string of the molecule is Cc1cc(C)nc(SCCC(=O)OCC(=O)N=C2NC(=O)CS2)n1. The van der Waals surface area contributed by atoms with Gasteiger partial charge in [0.1, 0.15) is 0 Å². The van der Waals surface area contributed by atoms with Gasteiger partial charge in [0.15, 0.2) is 16.9 Å². The van der Waals surface area contributed by atoms with E-state index in [1.54, 1.807) is 0 Å². The van der Waals surface area contributed by atoms with Gasteiger partial charge in [-0.3, -0.25) is 14.4 Å². The first-order valence-electron chi connectivity index (χ1n) is 7.07. The summed E-state index contributed by atoms with van der Waals surface area (Å²) in [6.07, 6.45) is 0.135. The number of hydrogen-bond acceptors (Lipinski definition) is 8. The topological polar surface area (TPSA) is 111 Å². The molecular weight excluding hydrogens is 352 g/mol. The Morgan fingerprint density at radius 3 is 2.71 bits per heavy atom. The zero-order valence-electron chi connectivity index (χ0n) is 13.2. The van der Waals surface area contributed by atoms with Crippen molar-refractivity contribution in [1.82, 2.24) is 15.3 Å². The number of aliphatic imine (C=N–C) groups is 1. The molecule has 24 heavy (non-hydrogen) atoms. The van der Waals surface area contributed by atoms with E-state index in [4.69, 9.17) is 4.74 Å². The summed E-state index contributed by atoms with van der Waals surface area (Å²) >= 11 is 2.49. The number of thioether (sulfide) groups is 2. The summed E-state index contributed by atoms with van der Waals surface area (Å²) in [7, 11) is 0. The highest BCUT2D eigenvalue weighted by Crippen LogP contribution is 2.15. The Bertz CT molecular complexity index is 673. The smallest absolute Gasteiger partial charge is 0.307 e. The number of nitrogens with one attached hydrogen (secondary N) is 1. The van der Waals surface area contributed by atoms with Gasteiger partial charge < -0.3 is 10.1 Å². The molecule has 0 aromatic carbocycles. The fraction of sp³-hybridized carbons (Fsp3) is 0.429. The number of amidine groups is 1. The molecule has 1 aliphatic heterocycles. The lowest BCUT2D eigenvalue weighted by Crippen LogP contribution is -2.22. The molecule has 1 aromatic heterocycles. The number of nitrogens with zero attached hydrogens (tertiary/aromatic N) is 3. The lowest BCUT2D eigenvalue weighted by Gasteiger charge is -2.04. The maximum Gasteiger partial charge on any atom is 0.307 e. The number of amides is 2. The van der Waals surface area contributed by atoms with Crippen LogP contribution in [0, 0.1) is 13.8 Å². The first-order valence-corrected chi connectivity index (χ1v) is 9.04. The molecule has 1 saturated heterocycles. The molecule has 2 rings (SSSR count). The van der Waals surface area contributed by atoms with Crippen molar-refractivity contribution in [2.45, 2.75) is 25.4 Å². The molecule has 0 aliphatic carbocycles. The Hall–Kier alpha value is -1.94. The summed E-state index contributed by atoms with van der Waals surface area (Å²) in [5.74, 6) is -0.615. The third kappa shape index (κ3) is 6.28. The van der Waals surface area contributed by atoms with E-state index >= 15 is 0 Å². The van der Waals surface area contributed by atoms with Crippen LogP contribution in [0.15, 0.2) is 16.2 Å². The zero-order valence-corrected chi connectivity index (χ0v) is 14.8. The van der Waals surface area contributed by atoms with Gasteiger partial charge in [0.25, 0.3) is 5.91 Å². The monoisotopic (exact) mass is 368 g/mol. The highest BCUT2D eigenvalue weighted by Gasteiger charge is 2.18. The summed E-state index contributed by atoms with van der Waals surface area (Å²) in [4.78, 5) is 46.3. The van der Waals surface area contributed by atoms with Crippen molar-refractivity contribution in [3.05, 3.63) is 17.5 Å². The fourth-order valence-electron chi connectivity index (χ4n) is 1.73. The first-order chi connectivity index (χ1) is 11.4. The number of aromatic nitrogens is 2. The maximum atomic E-state index is 11.6. The Labute approximate surface area is 147 Å². The molecule has 1 aliphatic rings. The van der Waals surface area contributed by atoms with Gasteiger partial charge in [-0.15, -0.1) is 0 Å². The van der Waals surface area contributed by atoms with Crippen molar-refractivity contribution in [3.63, 3.8) is 0 Å². The van der Waals surface area contributed by atoms with Crippen LogP contribution < -0.4 is 5.32 Å². The van der Waals surface area contributed by atoms with E-state index in [-0.39, 0.29) is 23.2 Å². The van der Waals surface area contributed by atoms with Crippen LogP contribution in [0.5, 0.6) is 0 Å². The maximum absolute atomic E-state index is 11.6. The molecule has 10 heteroatoms. The van der Waals surface area contributed by atoms with Crippen LogP contribution in [0.4, 0.5) is 0 Å². The quantitative estimate of drug-likeness (QED) is 0.447. The Morgan fingerprint density at radius 1 is 1.38 bits per heavy atom. The standard InChI is InChI=1S/C14H16N4O4S2/c1-8-5-9(2)16-13(15-8)23-4-3-12(21)22-6-10(19)17-14-18-11(20)7-24-14/h5H,3-4,6-7H2,1-2H3,(H,17,18,19,20). The highest BCUT2D eigenvalue weighted by molar-refractivity contribution is 8.15. The minimum Gasteiger partial charge on any atom is -0.455 e. The lowest BCUT2D eigenvalue weighted by atomic mass is 10.4. The molecule has 2 amide bonds. The van der Waals surface area contributed by atoms with Crippen molar-refractivity contribution >= 4 is 46.5 Å². The molecule has 0 atom stereocenters. The average molecular weight is 368 g/mol. The van der Waals surface area contributed by atoms with Gasteiger partial charge in [-0.05, 0) is 19.9 Å². The van der Waals surface area contributed by atoms with Crippen LogP contribution >= 0.6 is 23.5 Å². The molecule has 1 N–H and O–H groups in total. The number of aryl methyl sites for hydroxylation is 2. The second-order valence-corrected chi connectivity index (χ2v) is 6.87. The molecule has 128 valence electrons. The van der Waals surface area contributed by atoms with E-state index in [9.17, 15) is 14.4 Å². The zero-order chi connectivity index (χ0) is 17.5. The second-order valence-electron chi connectivity index (χ2n) is 4.84. The number of esters is 1. The Balaban J connectivity index is 1.68. The van der Waals surface area contributed by atoms with Crippen molar-refractivity contribution < 1.29 is 19.1 Å². The predicted octanol–water partition coefficient (Wildman–Crippen LogP) is 0.864. The Kier molecular flexibility index (Phi) is 6.73. The normalized spacial score (nSPS) is 15.4. The van der Waals surface area contributed by atoms with Gasteiger partial charge in [0.05, 0.1) is 12.2 Å². The summed E-state index contributed by atoms with van der Waals surface area (Å²) in [5.41, 5.74) is 1.74. The number of carbonyl (C=O) groups excluding carboxylic acids is 3. The highest BCUT2D eigenvalue weighted by atomic mass is 32.2. The van der Waals surface area contributed by atoms with Gasteiger partial charge >= 0.3 is 5.97 Å². The van der Waals surface area contributed by atoms with Crippen LogP contribution in [0.2, 0.25) is 0 Å². The predicted molar refractivity (Wildman–Crippen MR) is 90.8 cm³/mol. The van der Waals surface area contributed by atoms with Crippen molar-refractivity contribution in [3.8, 4) is 0 Å². The largest absolute Gasteiger partial charge is 0.455 e. The molecular formula is C14H16N4O4S2. The van der Waals surface area contributed by atoms with E-state index in [1.165, 1.54) is 11.8 Å². The van der Waals surface area contributed by atoms with Crippen LogP contribution in [0.1, 0.15) is 17.8 Å². The first kappa shape index (κ1) is 18.4.